The molecule has 0 aliphatic heterocycles. The number of hydrogen-bond donors (Lipinski definition) is 1. The van der Waals surface area contributed by atoms with Gasteiger partial charge in [-0.25, -0.2) is 4.39 Å². The average Bonchev–Trinajstić information content (AvgIpc) is 2.22. The highest BCUT2D eigenvalue weighted by Gasteiger charge is 2.15. The van der Waals surface area contributed by atoms with Crippen molar-refractivity contribution in [2.45, 2.75) is 26.3 Å². The number of carbonyl (C=O) groups excluding carboxylic acids is 1. The molecule has 0 aliphatic rings. The van der Waals surface area contributed by atoms with Crippen molar-refractivity contribution in [1.29, 1.82) is 0 Å². The van der Waals surface area contributed by atoms with Crippen LogP contribution in [-0.2, 0) is 0 Å². The van der Waals surface area contributed by atoms with Crippen LogP contribution in [0.5, 0.6) is 0 Å². The lowest BCUT2D eigenvalue weighted by atomic mass is 10.0. The molecule has 0 fully saturated rings. The first-order chi connectivity index (χ1) is 7.56. The zero-order chi connectivity index (χ0) is 12.1. The van der Waals surface area contributed by atoms with Gasteiger partial charge in [-0.05, 0) is 41.5 Å². The van der Waals surface area contributed by atoms with E-state index in [4.69, 9.17) is 0 Å². The lowest BCUT2D eigenvalue weighted by Crippen LogP contribution is -2.28. The molecule has 0 bridgehead atoms. The third kappa shape index (κ3) is 3.39. The summed E-state index contributed by atoms with van der Waals surface area (Å²) in [6.45, 7) is 4.69. The molecule has 0 amide bonds. The Balaban J connectivity index is 2.77. The molecule has 1 aromatic rings. The standard InChI is InChI=1S/C12H15BrFNO/c1-3-15-8(2)7-11(16)9-5-4-6-10(13)12(9)14/h4-6,8,15H,3,7H2,1-2H3. The molecule has 0 heterocycles. The summed E-state index contributed by atoms with van der Waals surface area (Å²) < 4.78 is 13.9. The minimum absolute atomic E-state index is 0.0656. The van der Waals surface area contributed by atoms with Crippen molar-refractivity contribution < 1.29 is 9.18 Å². The predicted octanol–water partition coefficient (Wildman–Crippen LogP) is 3.16. The summed E-state index contributed by atoms with van der Waals surface area (Å²) in [6.07, 6.45) is 0.307. The van der Waals surface area contributed by atoms with Crippen molar-refractivity contribution in [2.75, 3.05) is 6.54 Å². The van der Waals surface area contributed by atoms with Crippen LogP contribution in [0.1, 0.15) is 30.6 Å². The lowest BCUT2D eigenvalue weighted by Gasteiger charge is -2.11. The molecule has 1 rings (SSSR count). The number of carbonyl (C=O) groups is 1. The zero-order valence-electron chi connectivity index (χ0n) is 9.39. The molecule has 2 nitrogen and oxygen atoms in total. The van der Waals surface area contributed by atoms with Gasteiger partial charge in [0.05, 0.1) is 10.0 Å². The normalized spacial score (nSPS) is 12.5. The molecular weight excluding hydrogens is 273 g/mol. The highest BCUT2D eigenvalue weighted by atomic mass is 79.9. The summed E-state index contributed by atoms with van der Waals surface area (Å²) in [6, 6.07) is 4.83. The minimum Gasteiger partial charge on any atom is -0.314 e. The number of halogens is 2. The molecular formula is C12H15BrFNO. The second-order valence-electron chi connectivity index (χ2n) is 3.69. The summed E-state index contributed by atoms with van der Waals surface area (Å²) in [5, 5.41) is 3.13. The number of rotatable bonds is 5. The van der Waals surface area contributed by atoms with Crippen molar-refractivity contribution in [2.24, 2.45) is 0 Å². The number of ketones is 1. The van der Waals surface area contributed by atoms with E-state index in [9.17, 15) is 9.18 Å². The largest absolute Gasteiger partial charge is 0.314 e. The van der Waals surface area contributed by atoms with Crippen molar-refractivity contribution in [3.8, 4) is 0 Å². The first kappa shape index (κ1) is 13.3. The van der Waals surface area contributed by atoms with E-state index in [0.29, 0.717) is 10.9 Å². The number of Topliss-reactive ketones (excluding diaryl/α,β-unsaturated/α-hetero) is 1. The van der Waals surface area contributed by atoms with E-state index >= 15 is 0 Å². The van der Waals surface area contributed by atoms with Gasteiger partial charge in [0.1, 0.15) is 5.82 Å². The Hall–Kier alpha value is -0.740. The maximum Gasteiger partial charge on any atom is 0.167 e. The molecule has 16 heavy (non-hydrogen) atoms. The van der Waals surface area contributed by atoms with Crippen LogP contribution in [0.15, 0.2) is 22.7 Å². The van der Waals surface area contributed by atoms with Crippen molar-refractivity contribution in [3.63, 3.8) is 0 Å². The van der Waals surface area contributed by atoms with Gasteiger partial charge >= 0.3 is 0 Å². The molecule has 0 saturated heterocycles. The van der Waals surface area contributed by atoms with Gasteiger partial charge in [0, 0.05) is 12.5 Å². The summed E-state index contributed by atoms with van der Waals surface area (Å²) in [7, 11) is 0. The molecule has 1 aromatic carbocycles. The van der Waals surface area contributed by atoms with Crippen LogP contribution in [0.4, 0.5) is 4.39 Å². The summed E-state index contributed by atoms with van der Waals surface area (Å²) in [5.41, 5.74) is 0.152. The maximum atomic E-state index is 13.6. The van der Waals surface area contributed by atoms with E-state index in [1.54, 1.807) is 12.1 Å². The van der Waals surface area contributed by atoms with E-state index in [1.165, 1.54) is 6.07 Å². The van der Waals surface area contributed by atoms with E-state index in [0.717, 1.165) is 6.54 Å². The van der Waals surface area contributed by atoms with Gasteiger partial charge < -0.3 is 5.32 Å². The van der Waals surface area contributed by atoms with Crippen LogP contribution < -0.4 is 5.32 Å². The zero-order valence-corrected chi connectivity index (χ0v) is 11.0. The van der Waals surface area contributed by atoms with Gasteiger partial charge in [-0.3, -0.25) is 4.79 Å². The van der Waals surface area contributed by atoms with Gasteiger partial charge in [-0.2, -0.15) is 0 Å². The Bertz CT molecular complexity index is 381. The third-order valence-corrected chi connectivity index (χ3v) is 2.91. The SMILES string of the molecule is CCNC(C)CC(=O)c1cccc(Br)c1F. The molecule has 4 heteroatoms. The fourth-order valence-electron chi connectivity index (χ4n) is 1.53. The summed E-state index contributed by atoms with van der Waals surface area (Å²) >= 11 is 3.07. The van der Waals surface area contributed by atoms with Crippen LogP contribution in [-0.4, -0.2) is 18.4 Å². The van der Waals surface area contributed by atoms with E-state index in [-0.39, 0.29) is 17.4 Å². The molecule has 0 spiro atoms. The van der Waals surface area contributed by atoms with Crippen molar-refractivity contribution in [1.82, 2.24) is 5.32 Å². The molecule has 0 saturated carbocycles. The molecule has 1 N–H and O–H groups in total. The highest BCUT2D eigenvalue weighted by molar-refractivity contribution is 9.10. The molecule has 0 aromatic heterocycles. The Morgan fingerprint density at radius 3 is 2.88 bits per heavy atom. The summed E-state index contributed by atoms with van der Waals surface area (Å²) in [4.78, 5) is 11.8. The van der Waals surface area contributed by atoms with E-state index in [2.05, 4.69) is 21.2 Å². The fourth-order valence-corrected chi connectivity index (χ4v) is 1.89. The second-order valence-corrected chi connectivity index (χ2v) is 4.54. The van der Waals surface area contributed by atoms with Gasteiger partial charge in [-0.1, -0.05) is 13.0 Å². The van der Waals surface area contributed by atoms with Crippen LogP contribution >= 0.6 is 15.9 Å². The van der Waals surface area contributed by atoms with E-state index < -0.39 is 5.82 Å². The smallest absolute Gasteiger partial charge is 0.167 e. The Morgan fingerprint density at radius 1 is 1.56 bits per heavy atom. The van der Waals surface area contributed by atoms with Gasteiger partial charge in [0.25, 0.3) is 0 Å². The fraction of sp³-hybridized carbons (Fsp3) is 0.417. The maximum absolute atomic E-state index is 13.6. The van der Waals surface area contributed by atoms with Crippen LogP contribution in [0.3, 0.4) is 0 Å². The molecule has 88 valence electrons. The van der Waals surface area contributed by atoms with Crippen molar-refractivity contribution >= 4 is 21.7 Å². The minimum atomic E-state index is -0.476. The van der Waals surface area contributed by atoms with Crippen LogP contribution in [0, 0.1) is 5.82 Å². The Labute approximate surface area is 103 Å². The quantitative estimate of drug-likeness (QED) is 0.843. The van der Waals surface area contributed by atoms with Crippen LogP contribution in [0.25, 0.3) is 0 Å². The van der Waals surface area contributed by atoms with Gasteiger partial charge in [0.15, 0.2) is 5.78 Å². The first-order valence-electron chi connectivity index (χ1n) is 5.26. The summed E-state index contributed by atoms with van der Waals surface area (Å²) in [5.74, 6) is -0.650. The Morgan fingerprint density at radius 2 is 2.25 bits per heavy atom. The van der Waals surface area contributed by atoms with E-state index in [1.807, 2.05) is 13.8 Å². The molecule has 0 radical (unpaired) electrons. The van der Waals surface area contributed by atoms with Gasteiger partial charge in [0.2, 0.25) is 0 Å². The average molecular weight is 288 g/mol. The second kappa shape index (κ2) is 6.11. The number of benzene rings is 1. The lowest BCUT2D eigenvalue weighted by molar-refractivity contribution is 0.0967. The predicted molar refractivity (Wildman–Crippen MR) is 66.2 cm³/mol. The topological polar surface area (TPSA) is 29.1 Å². The Kier molecular flexibility index (Phi) is 5.09. The number of nitrogens with one attached hydrogen (secondary N) is 1. The monoisotopic (exact) mass is 287 g/mol. The molecule has 0 aliphatic carbocycles. The first-order valence-corrected chi connectivity index (χ1v) is 6.06. The molecule has 1 unspecified atom stereocenters. The highest BCUT2D eigenvalue weighted by Crippen LogP contribution is 2.20. The number of hydrogen-bond acceptors (Lipinski definition) is 2. The van der Waals surface area contributed by atoms with Crippen molar-refractivity contribution in [3.05, 3.63) is 34.1 Å². The van der Waals surface area contributed by atoms with Gasteiger partial charge in [-0.15, -0.1) is 0 Å². The molecule has 1 atom stereocenters. The third-order valence-electron chi connectivity index (χ3n) is 2.30. The van der Waals surface area contributed by atoms with Crippen LogP contribution in [0.2, 0.25) is 0 Å².